The lowest BCUT2D eigenvalue weighted by Gasteiger charge is -2.05. The maximum Gasteiger partial charge on any atom is 0.231 e. The first-order valence-electron chi connectivity index (χ1n) is 5.87. The van der Waals surface area contributed by atoms with Crippen LogP contribution in [0.1, 0.15) is 17.3 Å². The predicted molar refractivity (Wildman–Crippen MR) is 67.5 cm³/mol. The van der Waals surface area contributed by atoms with E-state index in [1.165, 1.54) is 0 Å². The molecule has 1 aromatic carbocycles. The van der Waals surface area contributed by atoms with Crippen molar-refractivity contribution in [3.8, 4) is 5.75 Å². The Morgan fingerprint density at radius 1 is 1.33 bits per heavy atom. The molecule has 0 radical (unpaired) electrons. The van der Waals surface area contributed by atoms with Gasteiger partial charge in [0, 0.05) is 13.0 Å². The molecule has 0 spiro atoms. The lowest BCUT2D eigenvalue weighted by molar-refractivity contribution is 0.370. The Hall–Kier alpha value is -1.88. The zero-order chi connectivity index (χ0) is 13.0. The molecule has 0 aliphatic heterocycles. The van der Waals surface area contributed by atoms with Crippen molar-refractivity contribution in [2.24, 2.45) is 0 Å². The number of hydrogen-bond acceptors (Lipinski definition) is 5. The third-order valence-electron chi connectivity index (χ3n) is 2.56. The SMILES string of the molecule is CN(C)CCc1noc(Cc2cccc(O)c2)n1. The van der Waals surface area contributed by atoms with Crippen LogP contribution in [0.15, 0.2) is 28.8 Å². The van der Waals surface area contributed by atoms with E-state index in [-0.39, 0.29) is 5.75 Å². The highest BCUT2D eigenvalue weighted by molar-refractivity contribution is 5.28. The average Bonchev–Trinajstić information content (AvgIpc) is 2.74. The number of phenolic OH excluding ortho intramolecular Hbond substituents is 1. The summed E-state index contributed by atoms with van der Waals surface area (Å²) < 4.78 is 5.18. The Labute approximate surface area is 106 Å². The molecule has 0 bridgehead atoms. The molecule has 0 saturated carbocycles. The number of aromatic nitrogens is 2. The molecule has 0 amide bonds. The number of benzene rings is 1. The highest BCUT2D eigenvalue weighted by Crippen LogP contribution is 2.14. The Balaban J connectivity index is 1.98. The maximum atomic E-state index is 9.37. The first-order valence-corrected chi connectivity index (χ1v) is 5.87. The standard InChI is InChI=1S/C13H17N3O2/c1-16(2)7-6-12-14-13(18-15-12)9-10-4-3-5-11(17)8-10/h3-5,8,17H,6-7,9H2,1-2H3. The van der Waals surface area contributed by atoms with E-state index in [4.69, 9.17) is 4.52 Å². The van der Waals surface area contributed by atoms with Gasteiger partial charge in [0.25, 0.3) is 0 Å². The van der Waals surface area contributed by atoms with Gasteiger partial charge >= 0.3 is 0 Å². The summed E-state index contributed by atoms with van der Waals surface area (Å²) in [5.41, 5.74) is 0.956. The van der Waals surface area contributed by atoms with E-state index >= 15 is 0 Å². The summed E-state index contributed by atoms with van der Waals surface area (Å²) in [6.45, 7) is 0.894. The molecule has 0 unspecified atom stereocenters. The minimum absolute atomic E-state index is 0.250. The largest absolute Gasteiger partial charge is 0.508 e. The van der Waals surface area contributed by atoms with E-state index in [1.54, 1.807) is 18.2 Å². The summed E-state index contributed by atoms with van der Waals surface area (Å²) in [5.74, 6) is 1.55. The zero-order valence-corrected chi connectivity index (χ0v) is 10.6. The van der Waals surface area contributed by atoms with E-state index in [0.717, 1.165) is 24.4 Å². The van der Waals surface area contributed by atoms with Crippen LogP contribution in [-0.2, 0) is 12.8 Å². The number of rotatable bonds is 5. The molecule has 5 nitrogen and oxygen atoms in total. The summed E-state index contributed by atoms with van der Waals surface area (Å²) >= 11 is 0. The second-order valence-electron chi connectivity index (χ2n) is 4.50. The van der Waals surface area contributed by atoms with E-state index in [1.807, 2.05) is 20.2 Å². The Morgan fingerprint density at radius 3 is 2.89 bits per heavy atom. The maximum absolute atomic E-state index is 9.37. The van der Waals surface area contributed by atoms with E-state index in [2.05, 4.69) is 15.0 Å². The Kier molecular flexibility index (Phi) is 3.94. The van der Waals surface area contributed by atoms with Gasteiger partial charge in [0.2, 0.25) is 5.89 Å². The quantitative estimate of drug-likeness (QED) is 0.867. The van der Waals surface area contributed by atoms with Crippen molar-refractivity contribution in [2.45, 2.75) is 12.8 Å². The Morgan fingerprint density at radius 2 is 2.17 bits per heavy atom. The van der Waals surface area contributed by atoms with Crippen LogP contribution in [0.25, 0.3) is 0 Å². The zero-order valence-electron chi connectivity index (χ0n) is 10.6. The van der Waals surface area contributed by atoms with Gasteiger partial charge in [0.05, 0.1) is 6.42 Å². The summed E-state index contributed by atoms with van der Waals surface area (Å²) in [4.78, 5) is 6.40. The van der Waals surface area contributed by atoms with Crippen LogP contribution >= 0.6 is 0 Å². The number of phenols is 1. The molecule has 0 fully saturated rings. The Bertz CT molecular complexity index is 508. The minimum atomic E-state index is 0.250. The molecular formula is C13H17N3O2. The van der Waals surface area contributed by atoms with Gasteiger partial charge < -0.3 is 14.5 Å². The predicted octanol–water partition coefficient (Wildman–Crippen LogP) is 1.47. The van der Waals surface area contributed by atoms with Crippen molar-refractivity contribution in [1.29, 1.82) is 0 Å². The highest BCUT2D eigenvalue weighted by atomic mass is 16.5. The van der Waals surface area contributed by atoms with E-state index in [9.17, 15) is 5.11 Å². The summed E-state index contributed by atoms with van der Waals surface area (Å²) in [6.07, 6.45) is 1.32. The number of hydrogen-bond donors (Lipinski definition) is 1. The number of likely N-dealkylation sites (N-methyl/N-ethyl adjacent to an activating group) is 1. The molecule has 1 heterocycles. The summed E-state index contributed by atoms with van der Waals surface area (Å²) in [7, 11) is 4.02. The molecule has 1 N–H and O–H groups in total. The molecular weight excluding hydrogens is 230 g/mol. The number of aromatic hydroxyl groups is 1. The molecule has 18 heavy (non-hydrogen) atoms. The fraction of sp³-hybridized carbons (Fsp3) is 0.385. The van der Waals surface area contributed by atoms with Crippen LogP contribution in [0.4, 0.5) is 0 Å². The van der Waals surface area contributed by atoms with Crippen LogP contribution in [-0.4, -0.2) is 40.8 Å². The molecule has 96 valence electrons. The average molecular weight is 247 g/mol. The van der Waals surface area contributed by atoms with Crippen molar-refractivity contribution >= 4 is 0 Å². The van der Waals surface area contributed by atoms with E-state index < -0.39 is 0 Å². The first kappa shape index (κ1) is 12.6. The monoisotopic (exact) mass is 247 g/mol. The lowest BCUT2D eigenvalue weighted by atomic mass is 10.1. The van der Waals surface area contributed by atoms with Crippen LogP contribution in [0.3, 0.4) is 0 Å². The van der Waals surface area contributed by atoms with Crippen molar-refractivity contribution < 1.29 is 9.63 Å². The fourth-order valence-corrected chi connectivity index (χ4v) is 1.63. The number of nitrogens with zero attached hydrogens (tertiary/aromatic N) is 3. The summed E-state index contributed by atoms with van der Waals surface area (Å²) in [5, 5.41) is 13.3. The topological polar surface area (TPSA) is 62.4 Å². The molecule has 2 aromatic rings. The van der Waals surface area contributed by atoms with E-state index in [0.29, 0.717) is 12.3 Å². The van der Waals surface area contributed by atoms with Crippen LogP contribution in [0.2, 0.25) is 0 Å². The molecule has 0 aliphatic carbocycles. The second kappa shape index (κ2) is 5.64. The molecule has 2 rings (SSSR count). The van der Waals surface area contributed by atoms with Crippen LogP contribution in [0.5, 0.6) is 5.75 Å². The van der Waals surface area contributed by atoms with Gasteiger partial charge in [-0.05, 0) is 31.8 Å². The third-order valence-corrected chi connectivity index (χ3v) is 2.56. The molecule has 5 heteroatoms. The molecule has 0 aliphatic rings. The van der Waals surface area contributed by atoms with Crippen LogP contribution in [0, 0.1) is 0 Å². The van der Waals surface area contributed by atoms with Gasteiger partial charge in [-0.1, -0.05) is 17.3 Å². The lowest BCUT2D eigenvalue weighted by Crippen LogP contribution is -2.15. The summed E-state index contributed by atoms with van der Waals surface area (Å²) in [6, 6.07) is 7.06. The van der Waals surface area contributed by atoms with Gasteiger partial charge in [0.1, 0.15) is 5.75 Å². The van der Waals surface area contributed by atoms with Crippen molar-refractivity contribution in [2.75, 3.05) is 20.6 Å². The molecule has 0 saturated heterocycles. The van der Waals surface area contributed by atoms with Gasteiger partial charge in [-0.3, -0.25) is 0 Å². The molecule has 1 aromatic heterocycles. The fourth-order valence-electron chi connectivity index (χ4n) is 1.63. The normalized spacial score (nSPS) is 11.1. The van der Waals surface area contributed by atoms with Gasteiger partial charge in [-0.15, -0.1) is 0 Å². The van der Waals surface area contributed by atoms with Crippen LogP contribution < -0.4 is 0 Å². The van der Waals surface area contributed by atoms with Crippen molar-refractivity contribution in [3.05, 3.63) is 41.5 Å². The third kappa shape index (κ3) is 3.56. The van der Waals surface area contributed by atoms with Gasteiger partial charge in [-0.2, -0.15) is 4.98 Å². The van der Waals surface area contributed by atoms with Crippen molar-refractivity contribution in [1.82, 2.24) is 15.0 Å². The second-order valence-corrected chi connectivity index (χ2v) is 4.50. The van der Waals surface area contributed by atoms with Gasteiger partial charge in [0.15, 0.2) is 5.82 Å². The first-order chi connectivity index (χ1) is 8.63. The minimum Gasteiger partial charge on any atom is -0.508 e. The van der Waals surface area contributed by atoms with Crippen molar-refractivity contribution in [3.63, 3.8) is 0 Å². The molecule has 0 atom stereocenters. The smallest absolute Gasteiger partial charge is 0.231 e. The van der Waals surface area contributed by atoms with Gasteiger partial charge in [-0.25, -0.2) is 0 Å². The highest BCUT2D eigenvalue weighted by Gasteiger charge is 2.07.